The second-order valence-corrected chi connectivity index (χ2v) is 11.2. The van der Waals surface area contributed by atoms with Crippen molar-refractivity contribution >= 4 is 11.9 Å². The van der Waals surface area contributed by atoms with Gasteiger partial charge in [0.15, 0.2) is 5.78 Å². The van der Waals surface area contributed by atoms with E-state index in [-0.39, 0.29) is 41.1 Å². The highest BCUT2D eigenvalue weighted by molar-refractivity contribution is 5.92. The molecule has 1 amide bonds. The summed E-state index contributed by atoms with van der Waals surface area (Å²) in [4.78, 5) is 28.8. The Morgan fingerprint density at radius 3 is 2.48 bits per heavy atom. The van der Waals surface area contributed by atoms with E-state index < -0.39 is 11.6 Å². The van der Waals surface area contributed by atoms with Crippen LogP contribution in [0.5, 0.6) is 0 Å². The van der Waals surface area contributed by atoms with Gasteiger partial charge in [0.2, 0.25) is 0 Å². The maximum absolute atomic E-state index is 13.9. The van der Waals surface area contributed by atoms with Crippen LogP contribution in [0.1, 0.15) is 59.9 Å². The van der Waals surface area contributed by atoms with Gasteiger partial charge in [0.25, 0.3) is 0 Å². The normalized spacial score (nSPS) is 34.9. The number of nitrogens with zero attached hydrogens (tertiary/aromatic N) is 1. The van der Waals surface area contributed by atoms with E-state index in [0.29, 0.717) is 19.1 Å². The Labute approximate surface area is 186 Å². The highest BCUT2D eigenvalue weighted by atomic mass is 16.6. The summed E-state index contributed by atoms with van der Waals surface area (Å²) in [5.74, 6) is 0.673. The fourth-order valence-electron chi connectivity index (χ4n) is 6.47. The van der Waals surface area contributed by atoms with E-state index in [1.807, 2.05) is 39.0 Å². The zero-order valence-corrected chi connectivity index (χ0v) is 19.8. The lowest BCUT2D eigenvalue weighted by Gasteiger charge is -2.50. The second-order valence-electron chi connectivity index (χ2n) is 11.2. The molecule has 3 fully saturated rings. The number of rotatable bonds is 4. The van der Waals surface area contributed by atoms with Crippen molar-refractivity contribution in [1.29, 1.82) is 0 Å². The Morgan fingerprint density at radius 1 is 1.19 bits per heavy atom. The maximum Gasteiger partial charge on any atom is 0.410 e. The van der Waals surface area contributed by atoms with E-state index in [0.717, 1.165) is 18.4 Å². The minimum Gasteiger partial charge on any atom is -0.444 e. The lowest BCUT2D eigenvalue weighted by Crippen LogP contribution is -2.62. The number of carbonyl (C=O) groups is 2. The summed E-state index contributed by atoms with van der Waals surface area (Å²) in [5, 5.41) is 0. The summed E-state index contributed by atoms with van der Waals surface area (Å²) in [7, 11) is 0. The average molecular weight is 428 g/mol. The number of Topliss-reactive ketones (excluding diaryl/α,β-unsaturated/α-hetero) is 1. The third-order valence-electron chi connectivity index (χ3n) is 7.80. The van der Waals surface area contributed by atoms with E-state index in [2.05, 4.69) is 32.9 Å². The molecule has 1 aromatic rings. The van der Waals surface area contributed by atoms with Crippen molar-refractivity contribution in [2.24, 2.45) is 29.1 Å². The molecule has 0 N–H and O–H groups in total. The standard InChI is InChI=1S/C26H37NO4/c1-16(2)20-21(28)23-26(6)18(14-27(23)24(29)31-25(3,4)5)12-13-19(26)22(20)30-15-17-10-8-7-9-11-17/h7-11,16,18-20,22-23H,12-15H2,1-6H3/t18-,19+,20?,22-,23-,26+/m0/s1. The average Bonchev–Trinajstić information content (AvgIpc) is 3.16. The van der Waals surface area contributed by atoms with Gasteiger partial charge >= 0.3 is 6.09 Å². The van der Waals surface area contributed by atoms with E-state index in [4.69, 9.17) is 9.47 Å². The Bertz CT molecular complexity index is 830. The molecule has 3 aliphatic rings. The summed E-state index contributed by atoms with van der Waals surface area (Å²) in [6, 6.07) is 9.76. The summed E-state index contributed by atoms with van der Waals surface area (Å²) in [6.45, 7) is 13.2. The van der Waals surface area contributed by atoms with Gasteiger partial charge in [0.1, 0.15) is 11.6 Å². The number of amides is 1. The van der Waals surface area contributed by atoms with Crippen molar-refractivity contribution in [2.75, 3.05) is 6.54 Å². The van der Waals surface area contributed by atoms with Crippen LogP contribution in [0.3, 0.4) is 0 Å². The van der Waals surface area contributed by atoms with E-state index in [9.17, 15) is 9.59 Å². The molecule has 6 atom stereocenters. The first-order chi connectivity index (χ1) is 14.5. The van der Waals surface area contributed by atoms with Crippen LogP contribution >= 0.6 is 0 Å². The number of likely N-dealkylation sites (tertiary alicyclic amines) is 1. The first kappa shape index (κ1) is 22.3. The molecule has 0 aromatic heterocycles. The van der Waals surface area contributed by atoms with Crippen molar-refractivity contribution in [3.8, 4) is 0 Å². The van der Waals surface area contributed by atoms with E-state index in [1.54, 1.807) is 4.90 Å². The SMILES string of the molecule is CC(C)C1C(=O)[C@@H]2N(C(=O)OC(C)(C)C)C[C@@H]3CC[C@H]([C@@H]1OCc1ccccc1)[C@@]32C. The Kier molecular flexibility index (Phi) is 5.70. The smallest absolute Gasteiger partial charge is 0.410 e. The van der Waals surface area contributed by atoms with E-state index >= 15 is 0 Å². The second kappa shape index (κ2) is 7.91. The summed E-state index contributed by atoms with van der Waals surface area (Å²) < 4.78 is 12.2. The number of carbonyl (C=O) groups excluding carboxylic acids is 2. The van der Waals surface area contributed by atoms with Crippen LogP contribution in [0.2, 0.25) is 0 Å². The topological polar surface area (TPSA) is 55.8 Å². The Hall–Kier alpha value is -1.88. The van der Waals surface area contributed by atoms with Crippen LogP contribution in [0.25, 0.3) is 0 Å². The van der Waals surface area contributed by atoms with Gasteiger partial charge in [0, 0.05) is 17.9 Å². The zero-order chi connectivity index (χ0) is 22.6. The van der Waals surface area contributed by atoms with Crippen LogP contribution < -0.4 is 0 Å². The molecule has 0 spiro atoms. The van der Waals surface area contributed by atoms with Crippen molar-refractivity contribution in [2.45, 2.75) is 78.7 Å². The van der Waals surface area contributed by atoms with Crippen LogP contribution in [0, 0.1) is 29.1 Å². The van der Waals surface area contributed by atoms with Gasteiger partial charge in [-0.2, -0.15) is 0 Å². The molecule has 2 saturated carbocycles. The zero-order valence-electron chi connectivity index (χ0n) is 19.8. The molecule has 1 aromatic carbocycles. The molecule has 1 unspecified atom stereocenters. The van der Waals surface area contributed by atoms with Crippen LogP contribution in [0.4, 0.5) is 4.79 Å². The molecule has 5 heteroatoms. The molecule has 5 nitrogen and oxygen atoms in total. The monoisotopic (exact) mass is 427 g/mol. The molecule has 170 valence electrons. The van der Waals surface area contributed by atoms with Gasteiger partial charge in [-0.1, -0.05) is 51.1 Å². The van der Waals surface area contributed by atoms with Gasteiger partial charge < -0.3 is 9.47 Å². The van der Waals surface area contributed by atoms with Crippen LogP contribution in [-0.2, 0) is 20.9 Å². The molecule has 4 rings (SSSR count). The minimum atomic E-state index is -0.578. The molecule has 0 radical (unpaired) electrons. The van der Waals surface area contributed by atoms with Gasteiger partial charge in [-0.15, -0.1) is 0 Å². The maximum atomic E-state index is 13.9. The molecule has 0 bridgehead atoms. The number of hydrogen-bond acceptors (Lipinski definition) is 4. The van der Waals surface area contributed by atoms with Crippen LogP contribution in [-0.4, -0.2) is 41.1 Å². The molecular weight excluding hydrogens is 390 g/mol. The summed E-state index contributed by atoms with van der Waals surface area (Å²) in [5.41, 5.74) is 0.299. The van der Waals surface area contributed by atoms with Gasteiger partial charge in [-0.3, -0.25) is 9.69 Å². The van der Waals surface area contributed by atoms with Crippen molar-refractivity contribution < 1.29 is 19.1 Å². The number of hydrogen-bond donors (Lipinski definition) is 0. The number of ketones is 1. The molecule has 1 heterocycles. The minimum absolute atomic E-state index is 0.113. The highest BCUT2D eigenvalue weighted by Crippen LogP contribution is 2.62. The molecule has 31 heavy (non-hydrogen) atoms. The third-order valence-corrected chi connectivity index (χ3v) is 7.80. The lowest BCUT2D eigenvalue weighted by atomic mass is 9.58. The van der Waals surface area contributed by atoms with Crippen molar-refractivity contribution in [1.82, 2.24) is 4.90 Å². The van der Waals surface area contributed by atoms with Gasteiger partial charge in [-0.05, 0) is 56.9 Å². The largest absolute Gasteiger partial charge is 0.444 e. The molecule has 1 aliphatic heterocycles. The van der Waals surface area contributed by atoms with Crippen molar-refractivity contribution in [3.63, 3.8) is 0 Å². The third kappa shape index (κ3) is 3.79. The fourth-order valence-corrected chi connectivity index (χ4v) is 6.47. The van der Waals surface area contributed by atoms with Gasteiger partial charge in [-0.25, -0.2) is 4.79 Å². The Morgan fingerprint density at radius 2 is 1.87 bits per heavy atom. The predicted octanol–water partition coefficient (Wildman–Crippen LogP) is 5.08. The quantitative estimate of drug-likeness (QED) is 0.672. The first-order valence-electron chi connectivity index (χ1n) is 11.7. The first-order valence-corrected chi connectivity index (χ1v) is 11.7. The van der Waals surface area contributed by atoms with E-state index in [1.165, 1.54) is 0 Å². The molecule has 1 saturated heterocycles. The molecule has 2 aliphatic carbocycles. The highest BCUT2D eigenvalue weighted by Gasteiger charge is 2.68. The summed E-state index contributed by atoms with van der Waals surface area (Å²) >= 11 is 0. The number of benzene rings is 1. The fraction of sp³-hybridized carbons (Fsp3) is 0.692. The Balaban J connectivity index is 1.65. The summed E-state index contributed by atoms with van der Waals surface area (Å²) in [6.07, 6.45) is 1.61. The lowest BCUT2D eigenvalue weighted by molar-refractivity contribution is -0.161. The van der Waals surface area contributed by atoms with Crippen LogP contribution in [0.15, 0.2) is 30.3 Å². The predicted molar refractivity (Wildman–Crippen MR) is 119 cm³/mol. The molecular formula is C26H37NO4. The number of ether oxygens (including phenoxy) is 2. The van der Waals surface area contributed by atoms with Gasteiger partial charge in [0.05, 0.1) is 12.7 Å². The van der Waals surface area contributed by atoms with Crippen molar-refractivity contribution in [3.05, 3.63) is 35.9 Å².